The van der Waals surface area contributed by atoms with Crippen LogP contribution in [0, 0.1) is 27.2 Å². The Labute approximate surface area is 319 Å². The first kappa shape index (κ1) is 35.6. The van der Waals surface area contributed by atoms with Crippen molar-refractivity contribution in [2.24, 2.45) is 23.7 Å². The van der Waals surface area contributed by atoms with E-state index in [2.05, 4.69) is 5.43 Å². The van der Waals surface area contributed by atoms with Gasteiger partial charge in [0.2, 0.25) is 11.8 Å². The SMILES string of the molecule is COc1ccc([C@@]23C(=O)N(Nc4ccc(Cl)cc4Cl)C(=O)[C@@H]2C[C@@H]2C(=CC[C@@H]4C(=O)N(C(C)(C)C)C(=O)[C@@H]42)[C@@H]3c2cc(I)c(O)c(OC)c2)cc1. The summed E-state index contributed by atoms with van der Waals surface area (Å²) in [7, 11) is 2.99. The van der Waals surface area contributed by atoms with Crippen molar-refractivity contribution in [3.8, 4) is 17.2 Å². The minimum Gasteiger partial charge on any atom is -0.504 e. The molecule has 0 bridgehead atoms. The third-order valence-electron chi connectivity index (χ3n) is 10.9. The highest BCUT2D eigenvalue weighted by atomic mass is 127. The molecule has 7 rings (SSSR count). The second-order valence-electron chi connectivity index (χ2n) is 14.4. The molecule has 2 heterocycles. The molecule has 3 aromatic rings. The van der Waals surface area contributed by atoms with E-state index in [9.17, 15) is 19.5 Å². The fraction of sp³-hybridized carbons (Fsp3) is 0.368. The average molecular weight is 845 g/mol. The number of amides is 4. The number of carbonyl (C=O) groups is 4. The van der Waals surface area contributed by atoms with Crippen molar-refractivity contribution < 1.29 is 33.8 Å². The first-order valence-corrected chi connectivity index (χ1v) is 18.4. The van der Waals surface area contributed by atoms with Crippen LogP contribution in [0.1, 0.15) is 50.7 Å². The summed E-state index contributed by atoms with van der Waals surface area (Å²) in [6, 6.07) is 15.3. The normalized spacial score (nSPS) is 27.2. The van der Waals surface area contributed by atoms with Gasteiger partial charge >= 0.3 is 0 Å². The molecule has 51 heavy (non-hydrogen) atoms. The number of benzene rings is 3. The van der Waals surface area contributed by atoms with E-state index in [0.717, 1.165) is 10.6 Å². The van der Waals surface area contributed by atoms with Crippen molar-refractivity contribution in [3.05, 3.63) is 91.0 Å². The fourth-order valence-electron chi connectivity index (χ4n) is 8.80. The summed E-state index contributed by atoms with van der Waals surface area (Å²) < 4.78 is 11.5. The number of methoxy groups -OCH3 is 2. The molecule has 4 amide bonds. The summed E-state index contributed by atoms with van der Waals surface area (Å²) in [4.78, 5) is 59.8. The number of fused-ring (bicyclic) bond motifs is 4. The molecule has 10 nitrogen and oxygen atoms in total. The number of phenols is 1. The first-order valence-electron chi connectivity index (χ1n) is 16.5. The Morgan fingerprint density at radius 1 is 0.922 bits per heavy atom. The van der Waals surface area contributed by atoms with Gasteiger partial charge < -0.3 is 14.6 Å². The summed E-state index contributed by atoms with van der Waals surface area (Å²) in [6.07, 6.45) is 2.42. The third kappa shape index (κ3) is 5.32. The van der Waals surface area contributed by atoms with Crippen molar-refractivity contribution in [2.75, 3.05) is 19.6 Å². The Hall–Kier alpha value is -3.81. The zero-order valence-electron chi connectivity index (χ0n) is 28.5. The Morgan fingerprint density at radius 2 is 1.63 bits per heavy atom. The van der Waals surface area contributed by atoms with Gasteiger partial charge in [-0.1, -0.05) is 47.0 Å². The van der Waals surface area contributed by atoms with Crippen LogP contribution in [0.4, 0.5) is 5.69 Å². The molecule has 3 aromatic carbocycles. The summed E-state index contributed by atoms with van der Waals surface area (Å²) in [5.74, 6) is -4.48. The van der Waals surface area contributed by atoms with E-state index in [1.807, 2.05) is 49.4 Å². The second-order valence-corrected chi connectivity index (χ2v) is 16.5. The van der Waals surface area contributed by atoms with Crippen LogP contribution in [-0.2, 0) is 24.6 Å². The third-order valence-corrected chi connectivity index (χ3v) is 12.2. The van der Waals surface area contributed by atoms with Gasteiger partial charge in [0.1, 0.15) is 5.75 Å². The van der Waals surface area contributed by atoms with Gasteiger partial charge in [-0.3, -0.25) is 29.5 Å². The number of hydrogen-bond donors (Lipinski definition) is 2. The van der Waals surface area contributed by atoms with Gasteiger partial charge in [-0.05, 0) is 116 Å². The lowest BCUT2D eigenvalue weighted by Gasteiger charge is -2.50. The zero-order chi connectivity index (χ0) is 36.7. The van der Waals surface area contributed by atoms with Crippen molar-refractivity contribution in [1.29, 1.82) is 0 Å². The highest BCUT2D eigenvalue weighted by Crippen LogP contribution is 2.65. The summed E-state index contributed by atoms with van der Waals surface area (Å²) in [5, 5.41) is 12.5. The number of rotatable bonds is 6. The lowest BCUT2D eigenvalue weighted by atomic mass is 9.49. The molecule has 13 heteroatoms. The number of phenolic OH excluding ortho intramolecular Hbond substituents is 1. The van der Waals surface area contributed by atoms with Crippen molar-refractivity contribution in [1.82, 2.24) is 9.91 Å². The van der Waals surface area contributed by atoms with E-state index in [4.69, 9.17) is 32.7 Å². The molecule has 6 atom stereocenters. The number of hydrogen-bond acceptors (Lipinski definition) is 8. The Kier molecular flexibility index (Phi) is 8.86. The number of aromatic hydroxyl groups is 1. The molecule has 0 spiro atoms. The highest BCUT2D eigenvalue weighted by Gasteiger charge is 2.70. The van der Waals surface area contributed by atoms with Gasteiger partial charge in [0, 0.05) is 16.5 Å². The van der Waals surface area contributed by atoms with Crippen molar-refractivity contribution in [2.45, 2.75) is 50.5 Å². The van der Waals surface area contributed by atoms with Crippen LogP contribution in [0.5, 0.6) is 17.2 Å². The quantitative estimate of drug-likeness (QED) is 0.153. The van der Waals surface area contributed by atoms with E-state index in [1.54, 1.807) is 55.6 Å². The largest absolute Gasteiger partial charge is 0.504 e. The predicted molar refractivity (Wildman–Crippen MR) is 200 cm³/mol. The van der Waals surface area contributed by atoms with E-state index >= 15 is 4.79 Å². The summed E-state index contributed by atoms with van der Waals surface area (Å²) >= 11 is 14.7. The summed E-state index contributed by atoms with van der Waals surface area (Å²) in [6.45, 7) is 5.51. The van der Waals surface area contributed by atoms with Crippen molar-refractivity contribution in [3.63, 3.8) is 0 Å². The lowest BCUT2D eigenvalue weighted by molar-refractivity contribution is -0.146. The molecule has 0 radical (unpaired) electrons. The molecule has 2 saturated heterocycles. The lowest BCUT2D eigenvalue weighted by Crippen LogP contribution is -2.53. The van der Waals surface area contributed by atoms with E-state index in [1.165, 1.54) is 18.1 Å². The predicted octanol–water partition coefficient (Wildman–Crippen LogP) is 7.10. The molecule has 2 aliphatic heterocycles. The van der Waals surface area contributed by atoms with Gasteiger partial charge in [-0.15, -0.1) is 0 Å². The smallest absolute Gasteiger partial charge is 0.260 e. The molecular weight excluding hydrogens is 808 g/mol. The van der Waals surface area contributed by atoms with E-state index in [0.29, 0.717) is 37.6 Å². The maximum Gasteiger partial charge on any atom is 0.260 e. The minimum atomic E-state index is -1.54. The van der Waals surface area contributed by atoms with Crippen LogP contribution in [-0.4, -0.2) is 58.4 Å². The highest BCUT2D eigenvalue weighted by molar-refractivity contribution is 14.1. The molecule has 3 fully saturated rings. The van der Waals surface area contributed by atoms with Crippen LogP contribution in [0.2, 0.25) is 10.0 Å². The average Bonchev–Trinajstić information content (AvgIpc) is 3.48. The Bertz CT molecular complexity index is 2030. The molecule has 1 saturated carbocycles. The van der Waals surface area contributed by atoms with Crippen LogP contribution < -0.4 is 14.9 Å². The van der Waals surface area contributed by atoms with Crippen LogP contribution in [0.3, 0.4) is 0 Å². The maximum absolute atomic E-state index is 15.4. The number of ether oxygens (including phenoxy) is 2. The van der Waals surface area contributed by atoms with Gasteiger partial charge in [0.05, 0.1) is 51.7 Å². The molecule has 2 N–H and O–H groups in total. The molecule has 0 aromatic heterocycles. The summed E-state index contributed by atoms with van der Waals surface area (Å²) in [5.41, 5.74) is 2.99. The number of halogens is 3. The number of nitrogens with zero attached hydrogens (tertiary/aromatic N) is 2. The van der Waals surface area contributed by atoms with Crippen LogP contribution in [0.15, 0.2) is 66.2 Å². The van der Waals surface area contributed by atoms with E-state index in [-0.39, 0.29) is 34.8 Å². The van der Waals surface area contributed by atoms with Gasteiger partial charge in [-0.25, -0.2) is 0 Å². The fourth-order valence-corrected chi connectivity index (χ4v) is 9.87. The van der Waals surface area contributed by atoms with Gasteiger partial charge in [-0.2, -0.15) is 5.01 Å². The number of nitrogens with one attached hydrogen (secondary N) is 1. The van der Waals surface area contributed by atoms with Crippen molar-refractivity contribution >= 4 is 75.1 Å². The van der Waals surface area contributed by atoms with Crippen LogP contribution in [0.25, 0.3) is 0 Å². The molecule has 266 valence electrons. The number of anilines is 1. The molecule has 4 aliphatic rings. The molecular formula is C38H36Cl2IN3O7. The topological polar surface area (TPSA) is 125 Å². The monoisotopic (exact) mass is 843 g/mol. The van der Waals surface area contributed by atoms with Gasteiger partial charge in [0.25, 0.3) is 11.8 Å². The maximum atomic E-state index is 15.4. The van der Waals surface area contributed by atoms with E-state index < -0.39 is 52.4 Å². The molecule has 2 aliphatic carbocycles. The number of carbonyl (C=O) groups excluding carboxylic acids is 4. The number of hydrazine groups is 1. The number of imide groups is 2. The Morgan fingerprint density at radius 3 is 2.25 bits per heavy atom. The van der Waals surface area contributed by atoms with Gasteiger partial charge in [0.15, 0.2) is 11.5 Å². The Balaban J connectivity index is 1.49. The zero-order valence-corrected chi connectivity index (χ0v) is 32.2. The number of likely N-dealkylation sites (tertiary alicyclic amines) is 1. The number of allylic oxidation sites excluding steroid dienone is 2. The standard InChI is InChI=1S/C38H36Cl2IN3O7/c1-37(2,3)43-33(46)23-12-11-22-24(30(23)35(43)48)17-25-34(47)44(42-28-13-8-20(39)16-26(28)40)36(49)38(25,19-6-9-21(50-4)10-7-19)31(22)18-14-27(41)32(45)29(15-18)51-5/h6-11,13-16,23-25,30-31,42,45H,12,17H2,1-5H3/t23-,24+,25-,30-,31-,38+/m0/s1. The first-order chi connectivity index (χ1) is 24.1. The second kappa shape index (κ2) is 12.7. The minimum absolute atomic E-state index is 0.0613. The van der Waals surface area contributed by atoms with Crippen LogP contribution >= 0.6 is 45.8 Å². The molecule has 0 unspecified atom stereocenters.